The predicted molar refractivity (Wildman–Crippen MR) is 82.8 cm³/mol. The summed E-state index contributed by atoms with van der Waals surface area (Å²) in [6, 6.07) is 7.19. The van der Waals surface area contributed by atoms with E-state index in [-0.39, 0.29) is 0 Å². The van der Waals surface area contributed by atoms with E-state index in [1.54, 1.807) is 0 Å². The second-order valence-corrected chi connectivity index (χ2v) is 6.68. The highest BCUT2D eigenvalue weighted by Crippen LogP contribution is 2.32. The third-order valence-corrected chi connectivity index (χ3v) is 5.31. The van der Waals surface area contributed by atoms with E-state index in [1.807, 2.05) is 11.3 Å². The van der Waals surface area contributed by atoms with Crippen LogP contribution in [0.3, 0.4) is 0 Å². The van der Waals surface area contributed by atoms with Crippen LogP contribution in [-0.4, -0.2) is 55.3 Å². The lowest BCUT2D eigenvalue weighted by Crippen LogP contribution is -2.61. The van der Waals surface area contributed by atoms with Gasteiger partial charge in [0, 0.05) is 32.2 Å². The maximum Gasteiger partial charge on any atom is 0.186 e. The van der Waals surface area contributed by atoms with Crippen LogP contribution in [0.4, 0.5) is 5.13 Å². The zero-order valence-electron chi connectivity index (χ0n) is 11.7. The predicted octanol–water partition coefficient (Wildman–Crippen LogP) is 2.13. The van der Waals surface area contributed by atoms with Crippen LogP contribution in [0.25, 0.3) is 10.2 Å². The van der Waals surface area contributed by atoms with E-state index in [1.165, 1.54) is 15.4 Å². The van der Waals surface area contributed by atoms with Crippen LogP contribution in [-0.2, 0) is 4.74 Å². The Kier molecular flexibility index (Phi) is 3.13. The summed E-state index contributed by atoms with van der Waals surface area (Å²) in [6.45, 7) is 8.29. The molecule has 1 aromatic carbocycles. The van der Waals surface area contributed by atoms with Crippen molar-refractivity contribution in [2.24, 2.45) is 0 Å². The fourth-order valence-electron chi connectivity index (χ4n) is 2.94. The van der Waals surface area contributed by atoms with Crippen LogP contribution in [0.1, 0.15) is 5.56 Å². The minimum absolute atomic E-state index is 0.688. The molecule has 2 aliphatic heterocycles. The Hall–Kier alpha value is -1.17. The molecule has 2 fully saturated rings. The van der Waals surface area contributed by atoms with E-state index < -0.39 is 0 Å². The molecule has 0 saturated carbocycles. The summed E-state index contributed by atoms with van der Waals surface area (Å²) < 4.78 is 6.72. The monoisotopic (exact) mass is 289 g/mol. The lowest BCUT2D eigenvalue weighted by atomic mass is 10.1. The maximum atomic E-state index is 5.42. The second-order valence-electron chi connectivity index (χ2n) is 5.67. The van der Waals surface area contributed by atoms with Crippen LogP contribution in [0.5, 0.6) is 0 Å². The summed E-state index contributed by atoms with van der Waals surface area (Å²) in [7, 11) is 0. The molecule has 0 spiro atoms. The molecule has 0 unspecified atom stereocenters. The molecule has 20 heavy (non-hydrogen) atoms. The van der Waals surface area contributed by atoms with Crippen LogP contribution >= 0.6 is 11.3 Å². The van der Waals surface area contributed by atoms with Crippen molar-refractivity contribution in [3.05, 3.63) is 23.8 Å². The number of nitrogens with zero attached hydrogens (tertiary/aromatic N) is 3. The van der Waals surface area contributed by atoms with Gasteiger partial charge in [-0.25, -0.2) is 4.98 Å². The van der Waals surface area contributed by atoms with Crippen molar-refractivity contribution in [2.45, 2.75) is 13.0 Å². The molecule has 0 aliphatic carbocycles. The highest BCUT2D eigenvalue weighted by molar-refractivity contribution is 7.22. The van der Waals surface area contributed by atoms with Crippen LogP contribution in [0, 0.1) is 6.92 Å². The van der Waals surface area contributed by atoms with E-state index in [0.717, 1.165) is 44.9 Å². The zero-order valence-corrected chi connectivity index (χ0v) is 12.5. The summed E-state index contributed by atoms with van der Waals surface area (Å²) in [5.74, 6) is 0. The van der Waals surface area contributed by atoms with Gasteiger partial charge in [-0.15, -0.1) is 0 Å². The molecular formula is C15H19N3OS. The molecule has 106 valence electrons. The highest BCUT2D eigenvalue weighted by Gasteiger charge is 2.34. The minimum atomic E-state index is 0.688. The van der Waals surface area contributed by atoms with Gasteiger partial charge >= 0.3 is 0 Å². The number of hydrogen-bond acceptors (Lipinski definition) is 5. The SMILES string of the molecule is Cc1ccc2nc(N3CC(N4CCOCC4)C3)sc2c1. The maximum absolute atomic E-state index is 5.42. The summed E-state index contributed by atoms with van der Waals surface area (Å²) in [4.78, 5) is 9.71. The Bertz CT molecular complexity index is 615. The van der Waals surface area contributed by atoms with Gasteiger partial charge in [0.25, 0.3) is 0 Å². The van der Waals surface area contributed by atoms with Crippen LogP contribution in [0.15, 0.2) is 18.2 Å². The first-order valence-corrected chi connectivity index (χ1v) is 8.05. The van der Waals surface area contributed by atoms with Crippen molar-refractivity contribution in [1.82, 2.24) is 9.88 Å². The normalized spacial score (nSPS) is 21.4. The number of aryl methyl sites for hydroxylation is 1. The van der Waals surface area contributed by atoms with E-state index in [2.05, 4.69) is 34.9 Å². The Labute approximate surface area is 123 Å². The molecule has 1 aromatic heterocycles. The number of hydrogen-bond donors (Lipinski definition) is 0. The summed E-state index contributed by atoms with van der Waals surface area (Å²) in [6.07, 6.45) is 0. The summed E-state index contributed by atoms with van der Waals surface area (Å²) in [5.41, 5.74) is 2.44. The molecule has 5 heteroatoms. The number of aromatic nitrogens is 1. The third-order valence-electron chi connectivity index (χ3n) is 4.23. The molecule has 2 aliphatic rings. The number of rotatable bonds is 2. The molecule has 2 aromatic rings. The number of thiazole rings is 1. The number of benzene rings is 1. The average Bonchev–Trinajstić information content (AvgIpc) is 2.80. The van der Waals surface area contributed by atoms with E-state index >= 15 is 0 Å². The fraction of sp³-hybridized carbons (Fsp3) is 0.533. The van der Waals surface area contributed by atoms with Crippen molar-refractivity contribution in [3.63, 3.8) is 0 Å². The van der Waals surface area contributed by atoms with Crippen LogP contribution in [0.2, 0.25) is 0 Å². The second kappa shape index (κ2) is 4.98. The topological polar surface area (TPSA) is 28.6 Å². The minimum Gasteiger partial charge on any atom is -0.379 e. The first kappa shape index (κ1) is 12.6. The number of fused-ring (bicyclic) bond motifs is 1. The quantitative estimate of drug-likeness (QED) is 0.847. The molecular weight excluding hydrogens is 270 g/mol. The van der Waals surface area contributed by atoms with Crippen LogP contribution < -0.4 is 4.90 Å². The molecule has 0 bridgehead atoms. The Morgan fingerprint density at radius 3 is 2.85 bits per heavy atom. The van der Waals surface area contributed by atoms with Gasteiger partial charge in [0.1, 0.15) is 0 Å². The highest BCUT2D eigenvalue weighted by atomic mass is 32.1. The molecule has 0 radical (unpaired) electrons. The molecule has 0 N–H and O–H groups in total. The van der Waals surface area contributed by atoms with Gasteiger partial charge in [-0.05, 0) is 24.6 Å². The van der Waals surface area contributed by atoms with Crippen molar-refractivity contribution in [2.75, 3.05) is 44.3 Å². The number of morpholine rings is 1. The van der Waals surface area contributed by atoms with Gasteiger partial charge < -0.3 is 9.64 Å². The zero-order chi connectivity index (χ0) is 13.5. The van der Waals surface area contributed by atoms with E-state index in [0.29, 0.717) is 6.04 Å². The van der Waals surface area contributed by atoms with Gasteiger partial charge in [0.05, 0.1) is 23.4 Å². The molecule has 2 saturated heterocycles. The number of anilines is 1. The Morgan fingerprint density at radius 1 is 1.25 bits per heavy atom. The smallest absolute Gasteiger partial charge is 0.186 e. The third kappa shape index (κ3) is 2.20. The summed E-state index contributed by atoms with van der Waals surface area (Å²) >= 11 is 1.82. The molecule has 0 amide bonds. The lowest BCUT2D eigenvalue weighted by Gasteiger charge is -2.46. The molecule has 0 atom stereocenters. The van der Waals surface area contributed by atoms with Gasteiger partial charge in [0.2, 0.25) is 0 Å². The first-order valence-electron chi connectivity index (χ1n) is 7.23. The standard InChI is InChI=1S/C15H19N3OS/c1-11-2-3-13-14(8-11)20-15(16-13)18-9-12(10-18)17-4-6-19-7-5-17/h2-3,8,12H,4-7,9-10H2,1H3. The van der Waals surface area contributed by atoms with Crippen molar-refractivity contribution < 1.29 is 4.74 Å². The van der Waals surface area contributed by atoms with Gasteiger partial charge in [-0.3, -0.25) is 4.90 Å². The molecule has 4 nitrogen and oxygen atoms in total. The van der Waals surface area contributed by atoms with Crippen molar-refractivity contribution >= 4 is 26.7 Å². The van der Waals surface area contributed by atoms with E-state index in [4.69, 9.17) is 9.72 Å². The lowest BCUT2D eigenvalue weighted by molar-refractivity contribution is 0.0105. The van der Waals surface area contributed by atoms with Crippen molar-refractivity contribution in [1.29, 1.82) is 0 Å². The summed E-state index contributed by atoms with van der Waals surface area (Å²) in [5, 5.41) is 1.18. The average molecular weight is 289 g/mol. The Balaban J connectivity index is 1.46. The number of ether oxygens (including phenoxy) is 1. The van der Waals surface area contributed by atoms with Gasteiger partial charge in [-0.1, -0.05) is 17.4 Å². The van der Waals surface area contributed by atoms with Gasteiger partial charge in [-0.2, -0.15) is 0 Å². The Morgan fingerprint density at radius 2 is 2.05 bits per heavy atom. The molecule has 3 heterocycles. The molecule has 4 rings (SSSR count). The van der Waals surface area contributed by atoms with E-state index in [9.17, 15) is 0 Å². The first-order chi connectivity index (χ1) is 9.79. The largest absolute Gasteiger partial charge is 0.379 e. The van der Waals surface area contributed by atoms with Crippen molar-refractivity contribution in [3.8, 4) is 0 Å². The van der Waals surface area contributed by atoms with Gasteiger partial charge in [0.15, 0.2) is 5.13 Å². The fourth-order valence-corrected chi connectivity index (χ4v) is 4.02.